The molecule has 20 heterocycles. The van der Waals surface area contributed by atoms with Crippen molar-refractivity contribution >= 4 is 105 Å². The highest BCUT2D eigenvalue weighted by atomic mass is 35.5. The van der Waals surface area contributed by atoms with Gasteiger partial charge < -0.3 is 30.2 Å². The van der Waals surface area contributed by atoms with Gasteiger partial charge in [-0.3, -0.25) is 60.1 Å². The number of nitrogens with one attached hydrogen (secondary N) is 4. The summed E-state index contributed by atoms with van der Waals surface area (Å²) in [6.07, 6.45) is 20.1. The van der Waals surface area contributed by atoms with Gasteiger partial charge >= 0.3 is 24.1 Å². The first-order chi connectivity index (χ1) is 56.4. The minimum atomic E-state index is -0.412. The van der Waals surface area contributed by atoms with Gasteiger partial charge in [0.25, 0.3) is 0 Å². The van der Waals surface area contributed by atoms with Crippen LogP contribution in [0, 0.1) is 46.3 Å². The number of hydrogen-bond donors (Lipinski definition) is 4. The summed E-state index contributed by atoms with van der Waals surface area (Å²) >= 11 is 6.58. The van der Waals surface area contributed by atoms with E-state index in [0.717, 1.165) is 127 Å². The SMILES string of the molecule is Cc1cc(-c2nc3c(cc2F)N2CC[C@@H](C2)N3C(=O)Nc2ccccn2)ccn1.Cc1cc(-c2nc3c(cc2F)N2CC[C@@H](C2)N3C(=O)Nc2cccnc2)ccn1.Cc1ccc(-c2cc(C)c3c(n2)N(C(=O)Nc2cccnc2)[C@H]2CCN3C2)cn1.Cc1ccc(-c2nc3c(cc2Cl)N2CC[C@@H](C2)N3C(=O)Nc2ccccn2)cn1. The van der Waals surface area contributed by atoms with E-state index in [0.29, 0.717) is 86.8 Å². The first-order valence-corrected chi connectivity index (χ1v) is 38.7. The molecule has 4 saturated heterocycles. The maximum absolute atomic E-state index is 15.0. The molecule has 4 fully saturated rings. The Labute approximate surface area is 671 Å². The zero-order valence-corrected chi connectivity index (χ0v) is 64.7. The number of halogens is 3. The lowest BCUT2D eigenvalue weighted by Crippen LogP contribution is -2.48. The fraction of sp³-hybridized carbons (Fsp3) is 0.247. The number of hydrogen-bond acceptors (Lipinski definition) is 20. The van der Waals surface area contributed by atoms with E-state index in [1.807, 2.05) is 99.5 Å². The van der Waals surface area contributed by atoms with Crippen LogP contribution in [0.3, 0.4) is 0 Å². The third kappa shape index (κ3) is 15.3. The lowest BCUT2D eigenvalue weighted by atomic mass is 10.1. The Balaban J connectivity index is 0.000000111. The predicted octanol–water partition coefficient (Wildman–Crippen LogP) is 15.2. The van der Waals surface area contributed by atoms with Crippen LogP contribution in [0.5, 0.6) is 0 Å². The number of pyridine rings is 12. The van der Waals surface area contributed by atoms with Crippen molar-refractivity contribution in [1.82, 2.24) is 59.8 Å². The minimum absolute atomic E-state index is 0.0100. The number of nitrogens with zero attached hydrogens (tertiary/aromatic N) is 20. The monoisotopic (exact) mass is 1570 g/mol. The Morgan fingerprint density at radius 1 is 0.379 bits per heavy atom. The second-order valence-electron chi connectivity index (χ2n) is 29.4. The van der Waals surface area contributed by atoms with Crippen molar-refractivity contribution in [2.45, 2.75) is 84.5 Å². The molecule has 8 bridgehead atoms. The number of fused-ring (bicyclic) bond motifs is 16. The molecule has 116 heavy (non-hydrogen) atoms. The third-order valence-corrected chi connectivity index (χ3v) is 21.9. The Bertz CT molecular complexity index is 5540. The van der Waals surface area contributed by atoms with Gasteiger partial charge in [0.1, 0.15) is 23.0 Å². The summed E-state index contributed by atoms with van der Waals surface area (Å²) in [4.78, 5) is 121. The largest absolute Gasteiger partial charge is 0.366 e. The molecule has 0 spiro atoms. The molecule has 0 radical (unpaired) electrons. The summed E-state index contributed by atoms with van der Waals surface area (Å²) in [6, 6.07) is 38.9. The Hall–Kier alpha value is -13.8. The minimum Gasteiger partial charge on any atom is -0.366 e. The van der Waals surface area contributed by atoms with Crippen molar-refractivity contribution in [2.24, 2.45) is 0 Å². The van der Waals surface area contributed by atoms with Crippen molar-refractivity contribution in [3.05, 3.63) is 240 Å². The predicted molar refractivity (Wildman–Crippen MR) is 444 cm³/mol. The van der Waals surface area contributed by atoms with E-state index in [-0.39, 0.29) is 59.7 Å². The Morgan fingerprint density at radius 3 is 1.24 bits per heavy atom. The van der Waals surface area contributed by atoms with Crippen LogP contribution < -0.4 is 60.5 Å². The molecular weight excluding hydrogens is 1490 g/mol. The van der Waals surface area contributed by atoms with Crippen LogP contribution in [0.15, 0.2) is 195 Å². The number of aryl methyl sites for hydroxylation is 5. The Morgan fingerprint density at radius 2 is 0.810 bits per heavy atom. The number of amides is 8. The van der Waals surface area contributed by atoms with Crippen molar-refractivity contribution in [1.29, 1.82) is 0 Å². The van der Waals surface area contributed by atoms with Crippen molar-refractivity contribution < 1.29 is 28.0 Å². The molecule has 8 amide bonds. The number of carbonyl (C=O) groups excluding carboxylic acids is 4. The molecule has 0 unspecified atom stereocenters. The maximum Gasteiger partial charge on any atom is 0.329 e. The second kappa shape index (κ2) is 32.0. The highest BCUT2D eigenvalue weighted by molar-refractivity contribution is 6.33. The van der Waals surface area contributed by atoms with E-state index in [1.165, 1.54) is 12.1 Å². The van der Waals surface area contributed by atoms with Crippen LogP contribution in [0.25, 0.3) is 45.0 Å². The fourth-order valence-corrected chi connectivity index (χ4v) is 16.3. The molecule has 20 rings (SSSR count). The summed E-state index contributed by atoms with van der Waals surface area (Å²) in [5.74, 6) is 2.44. The zero-order valence-electron chi connectivity index (χ0n) is 64.0. The van der Waals surface area contributed by atoms with E-state index in [4.69, 9.17) is 21.6 Å². The Kier molecular flexibility index (Phi) is 20.7. The van der Waals surface area contributed by atoms with E-state index in [2.05, 4.69) is 104 Å². The van der Waals surface area contributed by atoms with Gasteiger partial charge in [0.15, 0.2) is 34.9 Å². The van der Waals surface area contributed by atoms with Crippen molar-refractivity contribution in [3.63, 3.8) is 0 Å². The molecule has 8 aliphatic rings. The van der Waals surface area contributed by atoms with Gasteiger partial charge in [0.05, 0.1) is 87.1 Å². The summed E-state index contributed by atoms with van der Waals surface area (Å²) in [7, 11) is 0. The second-order valence-corrected chi connectivity index (χ2v) is 29.8. The summed E-state index contributed by atoms with van der Waals surface area (Å²) in [6.45, 7) is 15.9. The average Bonchev–Trinajstić information content (AvgIpc) is 1.53. The quantitative estimate of drug-likeness (QED) is 0.110. The number of rotatable bonds is 8. The van der Waals surface area contributed by atoms with Crippen molar-refractivity contribution in [3.8, 4) is 45.0 Å². The van der Waals surface area contributed by atoms with Crippen LogP contribution in [0.2, 0.25) is 5.02 Å². The van der Waals surface area contributed by atoms with Gasteiger partial charge in [-0.15, -0.1) is 0 Å². The number of aromatic nitrogens is 12. The summed E-state index contributed by atoms with van der Waals surface area (Å²) in [5, 5.41) is 12.1. The van der Waals surface area contributed by atoms with Crippen LogP contribution in [0.1, 0.15) is 54.0 Å². The molecule has 0 aromatic carbocycles. The normalized spacial score (nSPS) is 17.2. The maximum atomic E-state index is 15.0. The standard InChI is InChI=1S/C22H22N6O.C21H19ClN6O.2C21H19FN6O/c1-14-10-19(16-6-5-15(2)24-11-16)26-21-20(14)27-9-7-18(13-27)28(21)22(29)25-17-4-3-8-23-12-17;1-13-5-6-14(11-24-13)19-16(22)10-17-20(26-19)28(15-7-9-27(17)12-15)21(29)25-18-4-2-3-8-23-18;1-13-9-14(4-7-24-13)19-17(22)10-18-20(26-19)28(16-5-8-27(18)12-16)21(29)25-15-3-2-6-23-11-15;1-13-10-14(5-8-23-13)19-16(22)11-17-20(26-19)28(15-6-9-27(17)12-15)21(29)25-18-4-2-3-7-24-18/h3-6,8,10-12,18H,7,9,13H2,1-2H3,(H,25,29);2-6,8,10-11,15H,7,9,12H2,1H3,(H,23,25,29);2-4,6-7,9-11,16H,5,8,12H2,1H3,(H,25,29);2-5,7-8,10-11,15H,6,9,12H2,1H3,(H,24,25,29)/t18-;15-;16-;15-/m0000/s1. The van der Waals surface area contributed by atoms with Gasteiger partial charge in [-0.1, -0.05) is 23.7 Å². The molecule has 4 atom stereocenters. The van der Waals surface area contributed by atoms with E-state index < -0.39 is 11.6 Å². The number of carbonyl (C=O) groups is 4. The first kappa shape index (κ1) is 74.9. The molecule has 12 aromatic rings. The summed E-state index contributed by atoms with van der Waals surface area (Å²) in [5.41, 5.74) is 14.0. The molecule has 31 heteroatoms. The molecule has 0 aliphatic carbocycles. The van der Waals surface area contributed by atoms with Gasteiger partial charge in [-0.05, 0) is 175 Å². The third-order valence-electron chi connectivity index (χ3n) is 21.6. The number of urea groups is 4. The molecule has 8 aliphatic heterocycles. The van der Waals surface area contributed by atoms with Crippen LogP contribution >= 0.6 is 11.6 Å². The molecule has 0 saturated carbocycles. The first-order valence-electron chi connectivity index (χ1n) is 38.3. The fourth-order valence-electron chi connectivity index (χ4n) is 16.1. The molecular formula is C85H79ClF2N24O4. The molecule has 584 valence electrons. The lowest BCUT2D eigenvalue weighted by Gasteiger charge is -2.37. The molecule has 28 nitrogen and oxygen atoms in total. The van der Waals surface area contributed by atoms with Gasteiger partial charge in [0.2, 0.25) is 0 Å². The highest BCUT2D eigenvalue weighted by Crippen LogP contribution is 2.47. The van der Waals surface area contributed by atoms with Crippen LogP contribution in [0.4, 0.5) is 97.0 Å². The zero-order chi connectivity index (χ0) is 79.8. The van der Waals surface area contributed by atoms with Crippen LogP contribution in [-0.2, 0) is 0 Å². The van der Waals surface area contributed by atoms with Crippen molar-refractivity contribution in [2.75, 3.05) is 113 Å². The van der Waals surface area contributed by atoms with E-state index in [1.54, 1.807) is 125 Å². The van der Waals surface area contributed by atoms with E-state index in [9.17, 15) is 28.0 Å². The molecule has 12 aromatic heterocycles. The van der Waals surface area contributed by atoms with Gasteiger partial charge in [-0.2, -0.15) is 0 Å². The van der Waals surface area contributed by atoms with Crippen LogP contribution in [-0.4, -0.2) is 160 Å². The van der Waals surface area contributed by atoms with Gasteiger partial charge in [-0.25, -0.2) is 57.9 Å². The highest BCUT2D eigenvalue weighted by Gasteiger charge is 2.46. The summed E-state index contributed by atoms with van der Waals surface area (Å²) < 4.78 is 29.9. The number of anilines is 12. The lowest BCUT2D eigenvalue weighted by molar-refractivity contribution is 0.254. The smallest absolute Gasteiger partial charge is 0.329 e. The average molecular weight is 1570 g/mol. The van der Waals surface area contributed by atoms with E-state index >= 15 is 0 Å². The van der Waals surface area contributed by atoms with Gasteiger partial charge in [0, 0.05) is 159 Å². The molecule has 4 N–H and O–H groups in total. The topological polar surface area (TPSA) is 297 Å².